The summed E-state index contributed by atoms with van der Waals surface area (Å²) in [6, 6.07) is 8.54. The van der Waals surface area contributed by atoms with E-state index in [1.807, 2.05) is 0 Å². The molecule has 11 heteroatoms. The molecule has 0 aliphatic rings. The van der Waals surface area contributed by atoms with E-state index in [0.717, 1.165) is 12.1 Å². The number of nitro benzene ring substituents is 1. The van der Waals surface area contributed by atoms with Gasteiger partial charge in [0.2, 0.25) is 10.0 Å². The van der Waals surface area contributed by atoms with Crippen molar-refractivity contribution in [2.75, 3.05) is 5.32 Å². The first kappa shape index (κ1) is 19.5. The third kappa shape index (κ3) is 4.86. The minimum absolute atomic E-state index is 0.0171. The van der Waals surface area contributed by atoms with Crippen molar-refractivity contribution >= 4 is 21.4 Å². The highest BCUT2D eigenvalue weighted by molar-refractivity contribution is 7.89. The van der Waals surface area contributed by atoms with Crippen LogP contribution in [0.3, 0.4) is 0 Å². The number of alkyl halides is 2. The Hall–Kier alpha value is -2.79. The van der Waals surface area contributed by atoms with Crippen molar-refractivity contribution in [3.05, 3.63) is 58.1 Å². The molecule has 0 bridgehead atoms. The molecule has 26 heavy (non-hydrogen) atoms. The van der Waals surface area contributed by atoms with E-state index in [0.29, 0.717) is 5.56 Å². The Kier molecular flexibility index (Phi) is 5.73. The number of anilines is 1. The van der Waals surface area contributed by atoms with Crippen LogP contribution in [0.25, 0.3) is 0 Å². The highest BCUT2D eigenvalue weighted by Crippen LogP contribution is 2.29. The van der Waals surface area contributed by atoms with Crippen molar-refractivity contribution in [3.63, 3.8) is 0 Å². The molecule has 0 saturated heterocycles. The number of benzene rings is 2. The van der Waals surface area contributed by atoms with Gasteiger partial charge in [0.1, 0.15) is 10.6 Å². The number of nitrogens with one attached hydrogen (secondary N) is 1. The summed E-state index contributed by atoms with van der Waals surface area (Å²) in [5.41, 5.74) is 0.310. The van der Waals surface area contributed by atoms with Gasteiger partial charge >= 0.3 is 6.61 Å². The van der Waals surface area contributed by atoms with Gasteiger partial charge in [0.15, 0.2) is 0 Å². The van der Waals surface area contributed by atoms with Gasteiger partial charge in [-0.1, -0.05) is 12.1 Å². The first-order chi connectivity index (χ1) is 12.1. The predicted octanol–water partition coefficient (Wildman–Crippen LogP) is 3.02. The molecule has 1 atom stereocenters. The van der Waals surface area contributed by atoms with E-state index in [1.54, 1.807) is 6.92 Å². The molecule has 0 fully saturated rings. The van der Waals surface area contributed by atoms with Crippen LogP contribution in [0, 0.1) is 10.1 Å². The largest absolute Gasteiger partial charge is 0.435 e. The predicted molar refractivity (Wildman–Crippen MR) is 89.6 cm³/mol. The Balaban J connectivity index is 2.28. The van der Waals surface area contributed by atoms with Gasteiger partial charge in [-0.2, -0.15) is 8.78 Å². The van der Waals surface area contributed by atoms with Crippen molar-refractivity contribution < 1.29 is 26.9 Å². The lowest BCUT2D eigenvalue weighted by molar-refractivity contribution is -0.385. The van der Waals surface area contributed by atoms with Gasteiger partial charge in [-0.15, -0.1) is 0 Å². The number of ether oxygens (including phenoxy) is 1. The van der Waals surface area contributed by atoms with E-state index in [4.69, 9.17) is 5.14 Å². The molecule has 0 radical (unpaired) electrons. The quantitative estimate of drug-likeness (QED) is 0.556. The van der Waals surface area contributed by atoms with Crippen LogP contribution in [0.4, 0.5) is 20.2 Å². The number of nitrogens with two attached hydrogens (primary N) is 1. The zero-order chi connectivity index (χ0) is 19.5. The number of hydrogen-bond acceptors (Lipinski definition) is 6. The molecule has 1 unspecified atom stereocenters. The molecule has 0 aromatic heterocycles. The first-order valence-electron chi connectivity index (χ1n) is 7.20. The van der Waals surface area contributed by atoms with E-state index in [1.165, 1.54) is 30.3 Å². The van der Waals surface area contributed by atoms with Crippen LogP contribution in [0.2, 0.25) is 0 Å². The molecule has 2 aromatic carbocycles. The maximum absolute atomic E-state index is 12.2. The Morgan fingerprint density at radius 2 is 1.81 bits per heavy atom. The molecular weight excluding hydrogens is 372 g/mol. The molecule has 8 nitrogen and oxygen atoms in total. The highest BCUT2D eigenvalue weighted by Gasteiger charge is 2.20. The van der Waals surface area contributed by atoms with Gasteiger partial charge in [-0.3, -0.25) is 10.1 Å². The summed E-state index contributed by atoms with van der Waals surface area (Å²) in [6.07, 6.45) is 0. The molecule has 0 heterocycles. The van der Waals surface area contributed by atoms with Crippen molar-refractivity contribution in [3.8, 4) is 5.75 Å². The number of primary sulfonamides is 1. The van der Waals surface area contributed by atoms with Crippen LogP contribution in [0.15, 0.2) is 47.4 Å². The van der Waals surface area contributed by atoms with E-state index in [9.17, 15) is 27.3 Å². The Bertz CT molecular complexity index is 904. The van der Waals surface area contributed by atoms with Gasteiger partial charge in [0.05, 0.1) is 10.6 Å². The third-order valence-corrected chi connectivity index (χ3v) is 4.41. The molecule has 0 aliphatic carbocycles. The summed E-state index contributed by atoms with van der Waals surface area (Å²) in [6.45, 7) is -1.24. The summed E-state index contributed by atoms with van der Waals surface area (Å²) in [5.74, 6) is -0.0171. The first-order valence-corrected chi connectivity index (χ1v) is 8.75. The summed E-state index contributed by atoms with van der Waals surface area (Å²) in [4.78, 5) is 9.67. The van der Waals surface area contributed by atoms with Gasteiger partial charge in [0, 0.05) is 18.2 Å². The Morgan fingerprint density at radius 1 is 1.19 bits per heavy atom. The maximum atomic E-state index is 12.2. The lowest BCUT2D eigenvalue weighted by Crippen LogP contribution is -2.16. The molecule has 140 valence electrons. The van der Waals surface area contributed by atoms with Gasteiger partial charge in [0.25, 0.3) is 5.69 Å². The van der Waals surface area contributed by atoms with Crippen molar-refractivity contribution in [1.82, 2.24) is 0 Å². The molecule has 2 rings (SSSR count). The van der Waals surface area contributed by atoms with Crippen molar-refractivity contribution in [2.45, 2.75) is 24.5 Å². The third-order valence-electron chi connectivity index (χ3n) is 3.46. The second-order valence-electron chi connectivity index (χ2n) is 5.30. The second-order valence-corrected chi connectivity index (χ2v) is 6.83. The lowest BCUT2D eigenvalue weighted by atomic mass is 10.1. The minimum atomic E-state index is -4.21. The SMILES string of the molecule is CC(Nc1ccc([N+](=O)[O-])cc1S(N)(=O)=O)c1ccc(OC(F)F)cc1. The van der Waals surface area contributed by atoms with E-state index < -0.39 is 38.2 Å². The van der Waals surface area contributed by atoms with E-state index in [-0.39, 0.29) is 11.4 Å². The fourth-order valence-electron chi connectivity index (χ4n) is 2.23. The topological polar surface area (TPSA) is 125 Å². The summed E-state index contributed by atoms with van der Waals surface area (Å²) in [7, 11) is -4.21. The molecule has 0 saturated carbocycles. The average molecular weight is 387 g/mol. The van der Waals surface area contributed by atoms with E-state index in [2.05, 4.69) is 10.1 Å². The summed E-state index contributed by atoms with van der Waals surface area (Å²) in [5, 5.41) is 18.8. The van der Waals surface area contributed by atoms with Gasteiger partial charge in [-0.25, -0.2) is 13.6 Å². The fourth-order valence-corrected chi connectivity index (χ4v) is 2.95. The zero-order valence-corrected chi connectivity index (χ0v) is 14.2. The van der Waals surface area contributed by atoms with Gasteiger partial charge < -0.3 is 10.1 Å². The van der Waals surface area contributed by atoms with Crippen LogP contribution in [-0.2, 0) is 10.0 Å². The lowest BCUT2D eigenvalue weighted by Gasteiger charge is -2.18. The number of non-ortho nitro benzene ring substituents is 1. The molecule has 3 N–H and O–H groups in total. The van der Waals surface area contributed by atoms with Crippen LogP contribution in [-0.4, -0.2) is 20.0 Å². The van der Waals surface area contributed by atoms with Crippen molar-refractivity contribution in [2.24, 2.45) is 5.14 Å². The number of nitrogens with zero attached hydrogens (tertiary/aromatic N) is 1. The number of hydrogen-bond donors (Lipinski definition) is 2. The molecule has 2 aromatic rings. The number of nitro groups is 1. The Morgan fingerprint density at radius 3 is 2.31 bits per heavy atom. The monoisotopic (exact) mass is 387 g/mol. The van der Waals surface area contributed by atoms with Crippen LogP contribution >= 0.6 is 0 Å². The number of sulfonamides is 1. The average Bonchev–Trinajstić information content (AvgIpc) is 2.54. The number of rotatable bonds is 7. The molecule has 0 aliphatic heterocycles. The Labute approximate surface area is 147 Å². The van der Waals surface area contributed by atoms with E-state index >= 15 is 0 Å². The van der Waals surface area contributed by atoms with Crippen LogP contribution in [0.5, 0.6) is 5.75 Å². The maximum Gasteiger partial charge on any atom is 0.387 e. The van der Waals surface area contributed by atoms with Crippen molar-refractivity contribution in [1.29, 1.82) is 0 Å². The zero-order valence-electron chi connectivity index (χ0n) is 13.4. The summed E-state index contributed by atoms with van der Waals surface area (Å²) < 4.78 is 52.0. The minimum Gasteiger partial charge on any atom is -0.435 e. The summed E-state index contributed by atoms with van der Waals surface area (Å²) >= 11 is 0. The van der Waals surface area contributed by atoms with Crippen LogP contribution < -0.4 is 15.2 Å². The molecular formula is C15H15F2N3O5S. The molecule has 0 amide bonds. The highest BCUT2D eigenvalue weighted by atomic mass is 32.2. The number of halogens is 2. The van der Waals surface area contributed by atoms with Crippen LogP contribution in [0.1, 0.15) is 18.5 Å². The smallest absolute Gasteiger partial charge is 0.387 e. The molecule has 0 spiro atoms. The fraction of sp³-hybridized carbons (Fsp3) is 0.200. The van der Waals surface area contributed by atoms with Gasteiger partial charge in [-0.05, 0) is 30.7 Å². The normalized spacial score (nSPS) is 12.7. The second kappa shape index (κ2) is 7.62. The standard InChI is InChI=1S/C15H15F2N3O5S/c1-9(10-2-5-12(6-3-10)25-15(16)17)19-13-7-4-11(20(21)22)8-14(13)26(18,23)24/h2-9,15,19H,1H3,(H2,18,23,24).